The number of pyridine rings is 1. The number of nitrogens with zero attached hydrogens (tertiary/aromatic N) is 2. The summed E-state index contributed by atoms with van der Waals surface area (Å²) in [7, 11) is 0. The Hall–Kier alpha value is -4.00. The molecule has 2 aliphatic rings. The molecule has 0 aliphatic carbocycles. The molecule has 2 aliphatic heterocycles. The summed E-state index contributed by atoms with van der Waals surface area (Å²) in [5.74, 6) is -0.368. The topological polar surface area (TPSA) is 88.6 Å². The van der Waals surface area contributed by atoms with Crippen LogP contribution in [0.1, 0.15) is 34.3 Å². The van der Waals surface area contributed by atoms with Crippen molar-refractivity contribution >= 4 is 17.7 Å². The monoisotopic (exact) mass is 427 g/mol. The van der Waals surface area contributed by atoms with Crippen molar-refractivity contribution in [3.63, 3.8) is 0 Å². The van der Waals surface area contributed by atoms with E-state index in [-0.39, 0.29) is 18.2 Å². The molecule has 0 radical (unpaired) electrons. The third-order valence-corrected chi connectivity index (χ3v) is 5.77. The summed E-state index contributed by atoms with van der Waals surface area (Å²) in [6.45, 7) is 0.759. The number of aromatic nitrogens is 1. The minimum atomic E-state index is -0.621. The van der Waals surface area contributed by atoms with E-state index in [1.54, 1.807) is 11.0 Å². The van der Waals surface area contributed by atoms with Crippen LogP contribution in [0.15, 0.2) is 66.7 Å². The number of nitrogens with one attached hydrogen (secondary N) is 1. The molecule has 0 saturated carbocycles. The van der Waals surface area contributed by atoms with Gasteiger partial charge in [-0.3, -0.25) is 19.7 Å². The normalized spacial score (nSPS) is 17.8. The van der Waals surface area contributed by atoms with Crippen molar-refractivity contribution in [2.24, 2.45) is 0 Å². The number of amides is 3. The minimum Gasteiger partial charge on any atom is -0.473 e. The molecule has 2 aromatic carbocycles. The quantitative estimate of drug-likeness (QED) is 0.632. The summed E-state index contributed by atoms with van der Waals surface area (Å²) in [6.07, 6.45) is 0.584. The van der Waals surface area contributed by atoms with E-state index < -0.39 is 11.9 Å². The lowest BCUT2D eigenvalue weighted by Crippen LogP contribution is -2.52. The highest BCUT2D eigenvalue weighted by molar-refractivity contribution is 6.05. The number of imide groups is 1. The Labute approximate surface area is 185 Å². The van der Waals surface area contributed by atoms with E-state index in [0.29, 0.717) is 31.0 Å². The maximum Gasteiger partial charge on any atom is 0.255 e. The Kier molecular flexibility index (Phi) is 5.15. The van der Waals surface area contributed by atoms with E-state index in [9.17, 15) is 14.4 Å². The molecule has 1 N–H and O–H groups in total. The molecule has 160 valence electrons. The van der Waals surface area contributed by atoms with E-state index in [2.05, 4.69) is 10.3 Å². The van der Waals surface area contributed by atoms with E-state index in [4.69, 9.17) is 4.74 Å². The lowest BCUT2D eigenvalue weighted by Gasteiger charge is -2.29. The smallest absolute Gasteiger partial charge is 0.255 e. The third kappa shape index (κ3) is 3.85. The predicted octanol–water partition coefficient (Wildman–Crippen LogP) is 3.09. The van der Waals surface area contributed by atoms with E-state index in [0.717, 1.165) is 22.4 Å². The molecule has 0 spiro atoms. The molecule has 1 saturated heterocycles. The first-order valence-electron chi connectivity index (χ1n) is 10.5. The van der Waals surface area contributed by atoms with Crippen molar-refractivity contribution in [2.45, 2.75) is 32.0 Å². The van der Waals surface area contributed by atoms with Gasteiger partial charge in [0.05, 0.1) is 5.69 Å². The summed E-state index contributed by atoms with van der Waals surface area (Å²) in [6, 6.07) is 20.4. The maximum absolute atomic E-state index is 12.9. The Morgan fingerprint density at radius 1 is 1.00 bits per heavy atom. The zero-order valence-electron chi connectivity index (χ0n) is 17.3. The number of carbonyl (C=O) groups is 3. The molecule has 7 nitrogen and oxygen atoms in total. The fraction of sp³-hybridized carbons (Fsp3) is 0.200. The zero-order chi connectivity index (χ0) is 22.1. The summed E-state index contributed by atoms with van der Waals surface area (Å²) in [4.78, 5) is 42.7. The molecule has 1 aromatic heterocycles. The third-order valence-electron chi connectivity index (χ3n) is 5.77. The molecule has 3 heterocycles. The van der Waals surface area contributed by atoms with Gasteiger partial charge in [-0.15, -0.1) is 0 Å². The van der Waals surface area contributed by atoms with Crippen molar-refractivity contribution < 1.29 is 19.1 Å². The first-order valence-corrected chi connectivity index (χ1v) is 10.5. The number of fused-ring (bicyclic) bond motifs is 1. The number of benzene rings is 2. The van der Waals surface area contributed by atoms with Gasteiger partial charge < -0.3 is 9.64 Å². The molecule has 1 atom stereocenters. The van der Waals surface area contributed by atoms with Crippen LogP contribution in [0.5, 0.6) is 5.88 Å². The summed E-state index contributed by atoms with van der Waals surface area (Å²) < 4.78 is 5.84. The van der Waals surface area contributed by atoms with Gasteiger partial charge in [-0.25, -0.2) is 4.98 Å². The molecule has 1 fully saturated rings. The predicted molar refractivity (Wildman–Crippen MR) is 116 cm³/mol. The van der Waals surface area contributed by atoms with Crippen LogP contribution in [0.2, 0.25) is 0 Å². The van der Waals surface area contributed by atoms with Crippen molar-refractivity contribution in [1.82, 2.24) is 15.2 Å². The van der Waals surface area contributed by atoms with Crippen molar-refractivity contribution in [1.29, 1.82) is 0 Å². The Balaban J connectivity index is 1.34. The van der Waals surface area contributed by atoms with Crippen LogP contribution in [0.4, 0.5) is 0 Å². The Morgan fingerprint density at radius 3 is 2.66 bits per heavy atom. The lowest BCUT2D eigenvalue weighted by molar-refractivity contribution is -0.136. The van der Waals surface area contributed by atoms with Crippen molar-refractivity contribution in [3.05, 3.63) is 83.4 Å². The van der Waals surface area contributed by atoms with E-state index >= 15 is 0 Å². The van der Waals surface area contributed by atoms with Crippen LogP contribution in [0.25, 0.3) is 11.3 Å². The standard InChI is InChI=1S/C25H21N3O4/c29-22-12-11-21(24(30)27-22)28-14-18-13-17(9-10-19(18)25(28)31)20-7-4-8-23(26-20)32-15-16-5-2-1-3-6-16/h1-10,13,21H,11-12,14-15H2,(H,27,29,30). The highest BCUT2D eigenvalue weighted by Gasteiger charge is 2.39. The van der Waals surface area contributed by atoms with Crippen LogP contribution >= 0.6 is 0 Å². The Morgan fingerprint density at radius 2 is 1.84 bits per heavy atom. The molecule has 3 aromatic rings. The number of ether oxygens (including phenoxy) is 1. The summed E-state index contributed by atoms with van der Waals surface area (Å²) in [5, 5.41) is 2.33. The molecule has 1 unspecified atom stereocenters. The number of hydrogen-bond donors (Lipinski definition) is 1. The number of hydrogen-bond acceptors (Lipinski definition) is 5. The molecule has 3 amide bonds. The van der Waals surface area contributed by atoms with Crippen LogP contribution in [-0.2, 0) is 22.7 Å². The second-order valence-corrected chi connectivity index (χ2v) is 7.91. The molecule has 32 heavy (non-hydrogen) atoms. The van der Waals surface area contributed by atoms with Gasteiger partial charge in [-0.1, -0.05) is 42.5 Å². The van der Waals surface area contributed by atoms with Gasteiger partial charge in [0, 0.05) is 30.2 Å². The number of carbonyl (C=O) groups excluding carboxylic acids is 3. The first-order chi connectivity index (χ1) is 15.6. The zero-order valence-corrected chi connectivity index (χ0v) is 17.3. The largest absolute Gasteiger partial charge is 0.473 e. The average Bonchev–Trinajstić information content (AvgIpc) is 3.14. The van der Waals surface area contributed by atoms with Crippen molar-refractivity contribution in [3.8, 4) is 17.1 Å². The minimum absolute atomic E-state index is 0.186. The summed E-state index contributed by atoms with van der Waals surface area (Å²) in [5.41, 5.74) is 4.09. The van der Waals surface area contributed by atoms with Gasteiger partial charge in [0.1, 0.15) is 12.6 Å². The van der Waals surface area contributed by atoms with Crippen LogP contribution in [0, 0.1) is 0 Å². The van der Waals surface area contributed by atoms with E-state index in [1.165, 1.54) is 0 Å². The highest BCUT2D eigenvalue weighted by atomic mass is 16.5. The van der Waals surface area contributed by atoms with E-state index in [1.807, 2.05) is 60.7 Å². The van der Waals surface area contributed by atoms with Crippen LogP contribution < -0.4 is 10.1 Å². The molecular formula is C25H21N3O4. The van der Waals surface area contributed by atoms with Gasteiger partial charge >= 0.3 is 0 Å². The maximum atomic E-state index is 12.9. The van der Waals surface area contributed by atoms with Gasteiger partial charge in [-0.05, 0) is 35.7 Å². The SMILES string of the molecule is O=C1CCC(N2Cc3cc(-c4cccc(OCc5ccccc5)n4)ccc3C2=O)C(=O)N1. The second kappa shape index (κ2) is 8.26. The molecular weight excluding hydrogens is 406 g/mol. The number of piperidine rings is 1. The van der Waals surface area contributed by atoms with Crippen LogP contribution in [0.3, 0.4) is 0 Å². The molecule has 7 heteroatoms. The average molecular weight is 427 g/mol. The fourth-order valence-corrected chi connectivity index (χ4v) is 4.12. The summed E-state index contributed by atoms with van der Waals surface area (Å²) >= 11 is 0. The van der Waals surface area contributed by atoms with Gasteiger partial charge in [0.2, 0.25) is 17.7 Å². The molecule has 5 rings (SSSR count). The number of rotatable bonds is 5. The molecule has 0 bridgehead atoms. The fourth-order valence-electron chi connectivity index (χ4n) is 4.12. The van der Waals surface area contributed by atoms with Gasteiger partial charge in [-0.2, -0.15) is 0 Å². The lowest BCUT2D eigenvalue weighted by atomic mass is 10.0. The highest BCUT2D eigenvalue weighted by Crippen LogP contribution is 2.31. The van der Waals surface area contributed by atoms with Gasteiger partial charge in [0.15, 0.2) is 0 Å². The van der Waals surface area contributed by atoms with Crippen molar-refractivity contribution in [2.75, 3.05) is 0 Å². The second-order valence-electron chi connectivity index (χ2n) is 7.91. The Bertz CT molecular complexity index is 1210. The van der Waals surface area contributed by atoms with Gasteiger partial charge in [0.25, 0.3) is 5.91 Å². The van der Waals surface area contributed by atoms with Crippen LogP contribution in [-0.4, -0.2) is 33.6 Å². The first kappa shape index (κ1) is 19.9.